The highest BCUT2D eigenvalue weighted by molar-refractivity contribution is 7.87. The maximum Gasteiger partial charge on any atom is 0.307 e. The van der Waals surface area contributed by atoms with Crippen LogP contribution in [0.4, 0.5) is 9.57 Å². The number of thiazole rings is 1. The molecule has 5 nitrogen and oxygen atoms in total. The van der Waals surface area contributed by atoms with E-state index in [1.807, 2.05) is 6.92 Å². The van der Waals surface area contributed by atoms with Gasteiger partial charge in [0.15, 0.2) is 0 Å². The summed E-state index contributed by atoms with van der Waals surface area (Å²) in [6.07, 6.45) is -0.307. The molecule has 1 aromatic heterocycles. The van der Waals surface area contributed by atoms with Crippen molar-refractivity contribution >= 4 is 43.4 Å². The van der Waals surface area contributed by atoms with Crippen LogP contribution in [0.15, 0.2) is 18.2 Å². The Hall–Kier alpha value is -1.54. The molecular formula is C12H11FN2O3S2. The van der Waals surface area contributed by atoms with Gasteiger partial charge in [0, 0.05) is 18.7 Å². The molecule has 1 aliphatic heterocycles. The zero-order valence-corrected chi connectivity index (χ0v) is 12.2. The van der Waals surface area contributed by atoms with Gasteiger partial charge in [0.25, 0.3) is 0 Å². The molecule has 1 unspecified atom stereocenters. The van der Waals surface area contributed by atoms with E-state index >= 15 is 0 Å². The number of aryl methyl sites for hydroxylation is 1. The number of amides is 1. The van der Waals surface area contributed by atoms with Crippen LogP contribution in [0.25, 0.3) is 10.2 Å². The van der Waals surface area contributed by atoms with Crippen LogP contribution in [0.2, 0.25) is 0 Å². The van der Waals surface area contributed by atoms with Crippen LogP contribution >= 0.6 is 11.3 Å². The van der Waals surface area contributed by atoms with Gasteiger partial charge >= 0.3 is 10.2 Å². The lowest BCUT2D eigenvalue weighted by molar-refractivity contribution is -0.117. The second kappa shape index (κ2) is 4.49. The molecule has 2 heterocycles. The first-order valence-corrected chi connectivity index (χ1v) is 8.22. The number of hydrogen-bond donors (Lipinski definition) is 0. The Morgan fingerprint density at radius 3 is 2.85 bits per heavy atom. The Labute approximate surface area is 119 Å². The summed E-state index contributed by atoms with van der Waals surface area (Å²) in [5, 5.41) is -0.358. The molecule has 1 fully saturated rings. The minimum atomic E-state index is -4.69. The topological polar surface area (TPSA) is 67.3 Å². The standard InChI is InChI=1S/C12H11FN2O3S2/c1-7-14-10-3-2-8(4-11(10)19-7)15-6-9(5-12(15)16)20(13,17)18/h2-4,9H,5-6H2,1H3. The number of carbonyl (C=O) groups excluding carboxylic acids is 1. The number of benzene rings is 1. The third-order valence-electron chi connectivity index (χ3n) is 3.28. The lowest BCUT2D eigenvalue weighted by Gasteiger charge is -2.15. The number of aromatic nitrogens is 1. The van der Waals surface area contributed by atoms with E-state index in [4.69, 9.17) is 0 Å². The van der Waals surface area contributed by atoms with E-state index in [-0.39, 0.29) is 18.9 Å². The van der Waals surface area contributed by atoms with E-state index in [2.05, 4.69) is 4.98 Å². The van der Waals surface area contributed by atoms with Gasteiger partial charge in [0.05, 0.1) is 15.2 Å². The zero-order valence-electron chi connectivity index (χ0n) is 10.5. The lowest BCUT2D eigenvalue weighted by Crippen LogP contribution is -2.26. The van der Waals surface area contributed by atoms with Crippen molar-refractivity contribution in [3.8, 4) is 0 Å². The van der Waals surface area contributed by atoms with Gasteiger partial charge in [-0.1, -0.05) is 0 Å². The first kappa shape index (κ1) is 13.4. The van der Waals surface area contributed by atoms with Crippen molar-refractivity contribution in [2.45, 2.75) is 18.6 Å². The van der Waals surface area contributed by atoms with E-state index in [0.29, 0.717) is 5.69 Å². The quantitative estimate of drug-likeness (QED) is 0.795. The first-order valence-electron chi connectivity index (χ1n) is 5.95. The van der Waals surface area contributed by atoms with Crippen LogP contribution in [0.1, 0.15) is 11.4 Å². The minimum Gasteiger partial charge on any atom is -0.311 e. The second-order valence-corrected chi connectivity index (χ2v) is 7.54. The Bertz CT molecular complexity index is 800. The summed E-state index contributed by atoms with van der Waals surface area (Å²) in [5.74, 6) is -0.378. The molecule has 1 aromatic carbocycles. The first-order chi connectivity index (χ1) is 9.34. The van der Waals surface area contributed by atoms with Gasteiger partial charge in [0.1, 0.15) is 5.25 Å². The molecule has 20 heavy (non-hydrogen) atoms. The van der Waals surface area contributed by atoms with Gasteiger partial charge in [-0.05, 0) is 25.1 Å². The number of carbonyl (C=O) groups is 1. The molecule has 0 saturated carbocycles. The second-order valence-electron chi connectivity index (χ2n) is 4.69. The third kappa shape index (κ3) is 2.29. The molecule has 1 saturated heterocycles. The number of hydrogen-bond acceptors (Lipinski definition) is 5. The average Bonchev–Trinajstić information content (AvgIpc) is 2.89. The monoisotopic (exact) mass is 314 g/mol. The van der Waals surface area contributed by atoms with E-state index in [0.717, 1.165) is 15.2 Å². The molecule has 0 radical (unpaired) electrons. The van der Waals surface area contributed by atoms with Crippen molar-refractivity contribution in [2.24, 2.45) is 0 Å². The highest BCUT2D eigenvalue weighted by Gasteiger charge is 2.39. The van der Waals surface area contributed by atoms with E-state index in [9.17, 15) is 17.1 Å². The normalized spacial score (nSPS) is 20.0. The molecule has 1 atom stereocenters. The summed E-state index contributed by atoms with van der Waals surface area (Å²) < 4.78 is 35.8. The van der Waals surface area contributed by atoms with Crippen LogP contribution in [-0.4, -0.2) is 31.1 Å². The fourth-order valence-corrected chi connectivity index (χ4v) is 3.84. The summed E-state index contributed by atoms with van der Waals surface area (Å²) in [7, 11) is -4.69. The molecule has 0 bridgehead atoms. The zero-order chi connectivity index (χ0) is 14.5. The molecule has 0 N–H and O–H groups in total. The highest BCUT2D eigenvalue weighted by atomic mass is 32.3. The van der Waals surface area contributed by atoms with Crippen molar-refractivity contribution in [3.05, 3.63) is 23.2 Å². The van der Waals surface area contributed by atoms with Gasteiger partial charge in [-0.2, -0.15) is 8.42 Å². The van der Waals surface area contributed by atoms with Crippen molar-refractivity contribution in [1.82, 2.24) is 4.98 Å². The highest BCUT2D eigenvalue weighted by Crippen LogP contribution is 2.30. The van der Waals surface area contributed by atoms with Crippen LogP contribution in [0.3, 0.4) is 0 Å². The molecule has 0 spiro atoms. The molecular weight excluding hydrogens is 303 g/mol. The summed E-state index contributed by atoms with van der Waals surface area (Å²) in [5.41, 5.74) is 1.41. The molecule has 1 amide bonds. The largest absolute Gasteiger partial charge is 0.311 e. The average molecular weight is 314 g/mol. The molecule has 3 rings (SSSR count). The molecule has 8 heteroatoms. The van der Waals surface area contributed by atoms with Crippen LogP contribution in [-0.2, 0) is 15.0 Å². The number of rotatable bonds is 2. The van der Waals surface area contributed by atoms with Gasteiger partial charge < -0.3 is 4.90 Å². The van der Waals surface area contributed by atoms with Crippen LogP contribution in [0, 0.1) is 6.92 Å². The van der Waals surface area contributed by atoms with Crippen molar-refractivity contribution in [1.29, 1.82) is 0 Å². The Morgan fingerprint density at radius 2 is 2.20 bits per heavy atom. The Balaban J connectivity index is 1.97. The number of anilines is 1. The number of fused-ring (bicyclic) bond motifs is 1. The smallest absolute Gasteiger partial charge is 0.307 e. The maximum atomic E-state index is 13.0. The molecule has 0 aliphatic carbocycles. The summed E-state index contributed by atoms with van der Waals surface area (Å²) in [6, 6.07) is 5.26. The predicted molar refractivity (Wildman–Crippen MR) is 75.1 cm³/mol. The Morgan fingerprint density at radius 1 is 1.45 bits per heavy atom. The summed E-state index contributed by atoms with van der Waals surface area (Å²) in [4.78, 5) is 17.5. The minimum absolute atomic E-state index is 0.138. The maximum absolute atomic E-state index is 13.0. The van der Waals surface area contributed by atoms with Gasteiger partial charge in [-0.3, -0.25) is 4.79 Å². The molecule has 1 aliphatic rings. The van der Waals surface area contributed by atoms with Crippen molar-refractivity contribution in [3.63, 3.8) is 0 Å². The number of halogens is 1. The van der Waals surface area contributed by atoms with Gasteiger partial charge in [-0.25, -0.2) is 4.98 Å². The summed E-state index contributed by atoms with van der Waals surface area (Å²) in [6.45, 7) is 1.75. The fraction of sp³-hybridized carbons (Fsp3) is 0.333. The van der Waals surface area contributed by atoms with E-state index < -0.39 is 15.5 Å². The molecule has 106 valence electrons. The van der Waals surface area contributed by atoms with Crippen LogP contribution < -0.4 is 4.90 Å². The van der Waals surface area contributed by atoms with Gasteiger partial charge in [0.2, 0.25) is 5.91 Å². The SMILES string of the molecule is Cc1nc2ccc(N3CC(S(=O)(=O)F)CC3=O)cc2s1. The third-order valence-corrected chi connectivity index (χ3v) is 5.32. The summed E-state index contributed by atoms with van der Waals surface area (Å²) >= 11 is 1.49. The lowest BCUT2D eigenvalue weighted by atomic mass is 10.3. The van der Waals surface area contributed by atoms with Crippen molar-refractivity contribution in [2.75, 3.05) is 11.4 Å². The van der Waals surface area contributed by atoms with Gasteiger partial charge in [-0.15, -0.1) is 15.2 Å². The predicted octanol–water partition coefficient (Wildman–Crippen LogP) is 2.01. The molecule has 2 aromatic rings. The van der Waals surface area contributed by atoms with Crippen LogP contribution in [0.5, 0.6) is 0 Å². The van der Waals surface area contributed by atoms with E-state index in [1.165, 1.54) is 16.2 Å². The van der Waals surface area contributed by atoms with E-state index in [1.54, 1.807) is 18.2 Å². The van der Waals surface area contributed by atoms with Crippen molar-refractivity contribution < 1.29 is 17.1 Å². The Kier molecular flexibility index (Phi) is 3.02. The number of nitrogens with zero attached hydrogens (tertiary/aromatic N) is 2. The fourth-order valence-electron chi connectivity index (χ4n) is 2.31.